The van der Waals surface area contributed by atoms with Crippen molar-refractivity contribution in [1.82, 2.24) is 0 Å². The van der Waals surface area contributed by atoms with E-state index in [4.69, 9.17) is 4.84 Å². The molecule has 0 saturated carbocycles. The van der Waals surface area contributed by atoms with Gasteiger partial charge in [0.25, 0.3) is 0 Å². The quantitative estimate of drug-likeness (QED) is 0.421. The Labute approximate surface area is 140 Å². The van der Waals surface area contributed by atoms with E-state index < -0.39 is 6.09 Å². The van der Waals surface area contributed by atoms with Crippen LogP contribution in [0.2, 0.25) is 0 Å². The van der Waals surface area contributed by atoms with Gasteiger partial charge < -0.3 is 0 Å². The van der Waals surface area contributed by atoms with Gasteiger partial charge in [0.05, 0.1) is 6.21 Å². The first-order chi connectivity index (χ1) is 11.8. The fourth-order valence-corrected chi connectivity index (χ4v) is 2.19. The molecule has 3 aromatic rings. The van der Waals surface area contributed by atoms with Crippen molar-refractivity contribution < 1.29 is 9.63 Å². The van der Waals surface area contributed by atoms with Crippen LogP contribution in [0.5, 0.6) is 0 Å². The van der Waals surface area contributed by atoms with Crippen molar-refractivity contribution in [2.24, 2.45) is 5.16 Å². The molecular weight excluding hydrogens is 300 g/mol. The lowest BCUT2D eigenvalue weighted by atomic mass is 10.1. The van der Waals surface area contributed by atoms with Crippen LogP contribution in [0.15, 0.2) is 90.1 Å². The third-order valence-electron chi connectivity index (χ3n) is 3.38. The van der Waals surface area contributed by atoms with Crippen LogP contribution in [0.1, 0.15) is 5.56 Å². The number of carbonyl (C=O) groups is 1. The number of hydrogen-bond donors (Lipinski definition) is 1. The molecule has 0 saturated heterocycles. The Hall–Kier alpha value is -3.40. The number of benzene rings is 3. The topological polar surface area (TPSA) is 50.7 Å². The summed E-state index contributed by atoms with van der Waals surface area (Å²) in [5, 5.41) is 6.30. The minimum atomic E-state index is -0.630. The zero-order valence-electron chi connectivity index (χ0n) is 12.9. The molecule has 1 N–H and O–H groups in total. The molecule has 118 valence electrons. The maximum absolute atomic E-state index is 11.7. The molecule has 0 radical (unpaired) electrons. The minimum Gasteiger partial charge on any atom is -0.298 e. The minimum absolute atomic E-state index is 0.630. The van der Waals surface area contributed by atoms with Crippen LogP contribution in [0, 0.1) is 0 Å². The lowest BCUT2D eigenvalue weighted by Gasteiger charge is -2.05. The van der Waals surface area contributed by atoms with E-state index in [0.717, 1.165) is 16.7 Å². The second kappa shape index (κ2) is 7.74. The summed E-state index contributed by atoms with van der Waals surface area (Å²) in [4.78, 5) is 16.5. The standard InChI is InChI=1S/C20H16N2O2/c23-20(24-21-15-16-7-3-1-4-8-16)22-19-13-11-18(12-14-19)17-9-5-2-6-10-17/h1-15H,(H,22,23). The zero-order chi connectivity index (χ0) is 16.6. The number of nitrogens with zero attached hydrogens (tertiary/aromatic N) is 1. The normalized spacial score (nSPS) is 10.5. The van der Waals surface area contributed by atoms with Gasteiger partial charge in [-0.15, -0.1) is 0 Å². The van der Waals surface area contributed by atoms with Crippen molar-refractivity contribution in [2.75, 3.05) is 5.32 Å². The highest BCUT2D eigenvalue weighted by molar-refractivity contribution is 5.86. The number of oxime groups is 1. The second-order valence-electron chi connectivity index (χ2n) is 5.09. The van der Waals surface area contributed by atoms with Gasteiger partial charge in [-0.3, -0.25) is 10.2 Å². The summed E-state index contributed by atoms with van der Waals surface area (Å²) in [5.74, 6) is 0. The van der Waals surface area contributed by atoms with Crippen molar-refractivity contribution in [1.29, 1.82) is 0 Å². The molecule has 4 heteroatoms. The first-order valence-corrected chi connectivity index (χ1v) is 7.53. The predicted octanol–water partition coefficient (Wildman–Crippen LogP) is 4.94. The molecule has 0 atom stereocenters. The summed E-state index contributed by atoms with van der Waals surface area (Å²) in [7, 11) is 0. The summed E-state index contributed by atoms with van der Waals surface area (Å²) >= 11 is 0. The molecule has 3 rings (SSSR count). The summed E-state index contributed by atoms with van der Waals surface area (Å²) in [5.41, 5.74) is 3.71. The fraction of sp³-hybridized carbons (Fsp3) is 0. The van der Waals surface area contributed by atoms with Crippen molar-refractivity contribution in [2.45, 2.75) is 0 Å². The number of rotatable bonds is 4. The maximum Gasteiger partial charge on any atom is 0.437 e. The lowest BCUT2D eigenvalue weighted by Crippen LogP contribution is -2.10. The maximum atomic E-state index is 11.7. The van der Waals surface area contributed by atoms with Gasteiger partial charge >= 0.3 is 6.09 Å². The number of nitrogens with one attached hydrogen (secondary N) is 1. The van der Waals surface area contributed by atoms with Gasteiger partial charge in [-0.2, -0.15) is 0 Å². The van der Waals surface area contributed by atoms with Crippen LogP contribution in [-0.2, 0) is 4.84 Å². The van der Waals surface area contributed by atoms with Gasteiger partial charge in [-0.1, -0.05) is 78.0 Å². The monoisotopic (exact) mass is 316 g/mol. The molecule has 0 heterocycles. The van der Waals surface area contributed by atoms with Crippen LogP contribution in [0.25, 0.3) is 11.1 Å². The Morgan fingerprint density at radius 2 is 1.38 bits per heavy atom. The Morgan fingerprint density at radius 3 is 2.04 bits per heavy atom. The summed E-state index contributed by atoms with van der Waals surface area (Å²) in [6.45, 7) is 0. The van der Waals surface area contributed by atoms with Crippen molar-refractivity contribution in [3.05, 3.63) is 90.5 Å². The summed E-state index contributed by atoms with van der Waals surface area (Å²) < 4.78 is 0. The molecule has 4 nitrogen and oxygen atoms in total. The van der Waals surface area contributed by atoms with Crippen molar-refractivity contribution in [3.8, 4) is 11.1 Å². The van der Waals surface area contributed by atoms with Gasteiger partial charge in [0.2, 0.25) is 0 Å². The van der Waals surface area contributed by atoms with Gasteiger partial charge in [0.15, 0.2) is 0 Å². The smallest absolute Gasteiger partial charge is 0.298 e. The Balaban J connectivity index is 1.56. The summed E-state index contributed by atoms with van der Waals surface area (Å²) in [6, 6.07) is 27.0. The largest absolute Gasteiger partial charge is 0.437 e. The Morgan fingerprint density at radius 1 is 0.792 bits per heavy atom. The molecule has 0 aliphatic rings. The van der Waals surface area contributed by atoms with Gasteiger partial charge in [-0.25, -0.2) is 4.79 Å². The first-order valence-electron chi connectivity index (χ1n) is 7.53. The van der Waals surface area contributed by atoms with Gasteiger partial charge in [0.1, 0.15) is 0 Å². The van der Waals surface area contributed by atoms with E-state index >= 15 is 0 Å². The van der Waals surface area contributed by atoms with E-state index in [-0.39, 0.29) is 0 Å². The number of carbonyl (C=O) groups excluding carboxylic acids is 1. The molecule has 0 aliphatic carbocycles. The average molecular weight is 316 g/mol. The van der Waals surface area contributed by atoms with E-state index in [0.29, 0.717) is 5.69 Å². The fourth-order valence-electron chi connectivity index (χ4n) is 2.19. The molecule has 0 fully saturated rings. The number of anilines is 1. The zero-order valence-corrected chi connectivity index (χ0v) is 12.9. The van der Waals surface area contributed by atoms with E-state index in [1.165, 1.54) is 6.21 Å². The molecule has 0 aliphatic heterocycles. The SMILES string of the molecule is O=C(Nc1ccc(-c2ccccc2)cc1)ON=Cc1ccccc1. The lowest BCUT2D eigenvalue weighted by molar-refractivity contribution is 0.167. The third-order valence-corrected chi connectivity index (χ3v) is 3.38. The molecule has 1 amide bonds. The van der Waals surface area contributed by atoms with E-state index in [1.54, 1.807) is 0 Å². The molecule has 24 heavy (non-hydrogen) atoms. The van der Waals surface area contributed by atoms with Gasteiger partial charge in [0, 0.05) is 5.69 Å². The average Bonchev–Trinajstić information content (AvgIpc) is 2.64. The number of amides is 1. The second-order valence-corrected chi connectivity index (χ2v) is 5.09. The predicted molar refractivity (Wildman–Crippen MR) is 96.0 cm³/mol. The van der Waals surface area contributed by atoms with Crippen LogP contribution < -0.4 is 5.32 Å². The van der Waals surface area contributed by atoms with E-state index in [1.807, 2.05) is 84.9 Å². The summed E-state index contributed by atoms with van der Waals surface area (Å²) in [6.07, 6.45) is 0.854. The van der Waals surface area contributed by atoms with Crippen LogP contribution >= 0.6 is 0 Å². The first kappa shape index (κ1) is 15.5. The van der Waals surface area contributed by atoms with Crippen molar-refractivity contribution in [3.63, 3.8) is 0 Å². The van der Waals surface area contributed by atoms with Crippen molar-refractivity contribution >= 4 is 18.0 Å². The van der Waals surface area contributed by atoms with Gasteiger partial charge in [-0.05, 0) is 28.8 Å². The Kier molecular flexibility index (Phi) is 5.00. The van der Waals surface area contributed by atoms with Crippen LogP contribution in [-0.4, -0.2) is 12.3 Å². The molecular formula is C20H16N2O2. The molecule has 0 aromatic heterocycles. The third kappa shape index (κ3) is 4.30. The van der Waals surface area contributed by atoms with E-state index in [2.05, 4.69) is 10.5 Å². The highest BCUT2D eigenvalue weighted by Gasteiger charge is 2.03. The highest BCUT2D eigenvalue weighted by Crippen LogP contribution is 2.21. The molecule has 0 unspecified atom stereocenters. The molecule has 0 spiro atoms. The highest BCUT2D eigenvalue weighted by atomic mass is 16.7. The van der Waals surface area contributed by atoms with Crippen LogP contribution in [0.4, 0.5) is 10.5 Å². The van der Waals surface area contributed by atoms with E-state index in [9.17, 15) is 4.79 Å². The number of hydrogen-bond acceptors (Lipinski definition) is 3. The molecule has 3 aromatic carbocycles. The molecule has 0 bridgehead atoms. The Bertz CT molecular complexity index is 813. The van der Waals surface area contributed by atoms with Crippen LogP contribution in [0.3, 0.4) is 0 Å².